The van der Waals surface area contributed by atoms with Crippen molar-refractivity contribution in [3.63, 3.8) is 0 Å². The molecule has 1 aliphatic heterocycles. The summed E-state index contributed by atoms with van der Waals surface area (Å²) in [5, 5.41) is 10.0. The Bertz CT molecular complexity index is 941. The summed E-state index contributed by atoms with van der Waals surface area (Å²) in [4.78, 5) is 50.0. The zero-order valence-corrected chi connectivity index (χ0v) is 16.3. The first-order valence-corrected chi connectivity index (χ1v) is 9.97. The minimum Gasteiger partial charge on any atom is -0.480 e. The summed E-state index contributed by atoms with van der Waals surface area (Å²) in [6, 6.07) is 12.0. The molecule has 6 nitrogen and oxygen atoms in total. The van der Waals surface area contributed by atoms with Crippen LogP contribution in [0.1, 0.15) is 36.5 Å². The number of carboxylic acids is 1. The summed E-state index contributed by atoms with van der Waals surface area (Å²) < 4.78 is 0. The molecule has 0 aliphatic carbocycles. The Morgan fingerprint density at radius 1 is 1.14 bits per heavy atom. The highest BCUT2D eigenvalue weighted by atomic mass is 32.2. The quantitative estimate of drug-likeness (QED) is 0.751. The lowest BCUT2D eigenvalue weighted by Crippen LogP contribution is -2.42. The van der Waals surface area contributed by atoms with Gasteiger partial charge in [-0.25, -0.2) is 4.79 Å². The summed E-state index contributed by atoms with van der Waals surface area (Å²) >= 11 is 0.821. The summed E-state index contributed by atoms with van der Waals surface area (Å²) in [5.41, 5.74) is 0.432. The van der Waals surface area contributed by atoms with Gasteiger partial charge in [0.1, 0.15) is 6.04 Å². The fourth-order valence-corrected chi connectivity index (χ4v) is 4.38. The average molecular weight is 399 g/mol. The maximum absolute atomic E-state index is 13.0. The molecular formula is C21H21NO5S. The highest BCUT2D eigenvalue weighted by Crippen LogP contribution is 2.26. The number of carbonyl (C=O) groups is 4. The first-order valence-electron chi connectivity index (χ1n) is 9.09. The summed E-state index contributed by atoms with van der Waals surface area (Å²) in [7, 11) is 0. The van der Waals surface area contributed by atoms with Gasteiger partial charge < -0.3 is 10.0 Å². The molecular weight excluding hydrogens is 378 g/mol. The van der Waals surface area contributed by atoms with Crippen molar-refractivity contribution in [3.8, 4) is 0 Å². The second kappa shape index (κ2) is 8.56. The molecule has 2 aromatic carbocycles. The third kappa shape index (κ3) is 4.42. The minimum absolute atomic E-state index is 0.195. The van der Waals surface area contributed by atoms with Crippen molar-refractivity contribution in [3.05, 3.63) is 48.0 Å². The van der Waals surface area contributed by atoms with E-state index in [9.17, 15) is 24.3 Å². The predicted octanol–water partition coefficient (Wildman–Crippen LogP) is 3.14. The molecule has 0 aromatic heterocycles. The Labute approximate surface area is 166 Å². The molecule has 7 heteroatoms. The molecule has 146 valence electrons. The van der Waals surface area contributed by atoms with Crippen LogP contribution >= 0.6 is 11.8 Å². The van der Waals surface area contributed by atoms with Crippen LogP contribution in [0, 0.1) is 0 Å². The van der Waals surface area contributed by atoms with Gasteiger partial charge in [-0.1, -0.05) is 48.2 Å². The van der Waals surface area contributed by atoms with Crippen LogP contribution in [0.3, 0.4) is 0 Å². The monoisotopic (exact) mass is 399 g/mol. The van der Waals surface area contributed by atoms with Crippen molar-refractivity contribution < 1.29 is 24.3 Å². The molecule has 2 aromatic rings. The number of carbonyl (C=O) groups excluding carboxylic acids is 3. The van der Waals surface area contributed by atoms with E-state index in [0.717, 1.165) is 22.5 Å². The molecule has 0 spiro atoms. The number of thioether (sulfide) groups is 1. The molecule has 1 fully saturated rings. The van der Waals surface area contributed by atoms with Crippen molar-refractivity contribution in [2.45, 2.75) is 37.5 Å². The molecule has 0 bridgehead atoms. The molecule has 1 saturated heterocycles. The smallest absolute Gasteiger partial charge is 0.326 e. The third-order valence-electron chi connectivity index (χ3n) is 4.85. The molecule has 2 atom stereocenters. The fourth-order valence-electron chi connectivity index (χ4n) is 3.51. The summed E-state index contributed by atoms with van der Waals surface area (Å²) in [5.74, 6) is -1.74. The van der Waals surface area contributed by atoms with E-state index in [1.807, 2.05) is 30.3 Å². The molecule has 0 saturated carbocycles. The van der Waals surface area contributed by atoms with E-state index in [1.165, 1.54) is 11.8 Å². The number of nitrogens with zero attached hydrogens (tertiary/aromatic N) is 1. The van der Waals surface area contributed by atoms with Crippen LogP contribution in [0.4, 0.5) is 0 Å². The number of rotatable bonds is 6. The normalized spacial score (nSPS) is 17.5. The van der Waals surface area contributed by atoms with E-state index < -0.39 is 23.2 Å². The lowest BCUT2D eigenvalue weighted by atomic mass is 10.0. The highest BCUT2D eigenvalue weighted by Gasteiger charge is 2.36. The van der Waals surface area contributed by atoms with Crippen LogP contribution < -0.4 is 0 Å². The molecule has 1 amide bonds. The predicted molar refractivity (Wildman–Crippen MR) is 107 cm³/mol. The van der Waals surface area contributed by atoms with E-state index in [2.05, 4.69) is 0 Å². The lowest BCUT2D eigenvalue weighted by Gasteiger charge is -2.23. The number of amides is 1. The highest BCUT2D eigenvalue weighted by molar-refractivity contribution is 8.14. The van der Waals surface area contributed by atoms with Gasteiger partial charge in [-0.3, -0.25) is 14.4 Å². The minimum atomic E-state index is -1.04. The van der Waals surface area contributed by atoms with Gasteiger partial charge in [-0.2, -0.15) is 0 Å². The van der Waals surface area contributed by atoms with Gasteiger partial charge in [0.15, 0.2) is 10.9 Å². The van der Waals surface area contributed by atoms with Crippen LogP contribution in [0.25, 0.3) is 10.8 Å². The topological polar surface area (TPSA) is 91.8 Å². The Hall–Kier alpha value is -2.67. The second-order valence-electron chi connectivity index (χ2n) is 6.81. The Morgan fingerprint density at radius 2 is 1.86 bits per heavy atom. The van der Waals surface area contributed by atoms with Gasteiger partial charge in [0.25, 0.3) is 0 Å². The number of carboxylic acid groups (broad SMARTS) is 1. The van der Waals surface area contributed by atoms with E-state index in [1.54, 1.807) is 12.1 Å². The molecule has 3 rings (SSSR count). The van der Waals surface area contributed by atoms with Gasteiger partial charge in [0, 0.05) is 25.5 Å². The number of hydrogen-bond acceptors (Lipinski definition) is 5. The van der Waals surface area contributed by atoms with Crippen molar-refractivity contribution in [2.24, 2.45) is 0 Å². The standard InChI is InChI=1S/C21H21NO5S/c1-13(23)28-18(12-19(24)22-10-4-7-17(22)21(26)27)20(25)16-9-8-14-5-2-3-6-15(14)11-16/h2-3,5-6,8-9,11,17-18H,4,7,10,12H2,1H3,(H,26,27)/t17-,18?/m0/s1. The maximum atomic E-state index is 13.0. The van der Waals surface area contributed by atoms with Crippen molar-refractivity contribution in [2.75, 3.05) is 6.54 Å². The van der Waals surface area contributed by atoms with E-state index in [0.29, 0.717) is 24.9 Å². The number of benzene rings is 2. The van der Waals surface area contributed by atoms with Crippen LogP contribution in [-0.4, -0.2) is 50.6 Å². The zero-order chi connectivity index (χ0) is 20.3. The fraction of sp³-hybridized carbons (Fsp3) is 0.333. The van der Waals surface area contributed by atoms with Gasteiger partial charge >= 0.3 is 5.97 Å². The number of hydrogen-bond donors (Lipinski definition) is 1. The van der Waals surface area contributed by atoms with Crippen LogP contribution in [0.2, 0.25) is 0 Å². The van der Waals surface area contributed by atoms with Crippen LogP contribution in [0.15, 0.2) is 42.5 Å². The zero-order valence-electron chi connectivity index (χ0n) is 15.5. The van der Waals surface area contributed by atoms with E-state index >= 15 is 0 Å². The molecule has 1 aliphatic rings. The number of aliphatic carboxylic acids is 1. The van der Waals surface area contributed by atoms with Crippen molar-refractivity contribution in [1.29, 1.82) is 0 Å². The maximum Gasteiger partial charge on any atom is 0.326 e. The van der Waals surface area contributed by atoms with Crippen LogP contribution in [0.5, 0.6) is 0 Å². The Morgan fingerprint density at radius 3 is 2.54 bits per heavy atom. The van der Waals surface area contributed by atoms with Crippen molar-refractivity contribution in [1.82, 2.24) is 4.90 Å². The first kappa shape index (κ1) is 20.1. The van der Waals surface area contributed by atoms with Gasteiger partial charge in [-0.15, -0.1) is 0 Å². The third-order valence-corrected chi connectivity index (χ3v) is 5.85. The number of Topliss-reactive ketones (excluding diaryl/α,β-unsaturated/α-hetero) is 1. The summed E-state index contributed by atoms with van der Waals surface area (Å²) in [6.07, 6.45) is 0.829. The first-order chi connectivity index (χ1) is 13.4. The van der Waals surface area contributed by atoms with Gasteiger partial charge in [-0.05, 0) is 29.7 Å². The molecule has 1 N–H and O–H groups in total. The van der Waals surface area contributed by atoms with E-state index in [4.69, 9.17) is 0 Å². The lowest BCUT2D eigenvalue weighted by molar-refractivity contribution is -0.148. The van der Waals surface area contributed by atoms with Crippen LogP contribution in [-0.2, 0) is 14.4 Å². The molecule has 1 unspecified atom stereocenters. The molecule has 0 radical (unpaired) electrons. The number of likely N-dealkylation sites (tertiary alicyclic amines) is 1. The SMILES string of the molecule is CC(=O)SC(CC(=O)N1CCC[C@H]1C(=O)O)C(=O)c1ccc2ccccc2c1. The van der Waals surface area contributed by atoms with E-state index in [-0.39, 0.29) is 17.3 Å². The second-order valence-corrected chi connectivity index (χ2v) is 8.19. The largest absolute Gasteiger partial charge is 0.480 e. The van der Waals surface area contributed by atoms with Crippen molar-refractivity contribution >= 4 is 45.3 Å². The molecule has 28 heavy (non-hydrogen) atoms. The Balaban J connectivity index is 1.82. The van der Waals surface area contributed by atoms with Gasteiger partial charge in [0.2, 0.25) is 5.91 Å². The Kier molecular flexibility index (Phi) is 6.14. The number of ketones is 1. The average Bonchev–Trinajstić information content (AvgIpc) is 3.16. The number of fused-ring (bicyclic) bond motifs is 1. The summed E-state index contributed by atoms with van der Waals surface area (Å²) in [6.45, 7) is 1.71. The molecule has 1 heterocycles. The van der Waals surface area contributed by atoms with Gasteiger partial charge in [0.05, 0.1) is 5.25 Å².